The third-order valence-electron chi connectivity index (χ3n) is 2.28. The normalized spacial score (nSPS) is 12.1. The first-order chi connectivity index (χ1) is 7.68. The Hall–Kier alpha value is -1.32. The summed E-state index contributed by atoms with van der Waals surface area (Å²) < 4.78 is 37.6. The molecule has 92 valence electrons. The molecule has 17 heavy (non-hydrogen) atoms. The lowest BCUT2D eigenvalue weighted by Gasteiger charge is -2.21. The molecule has 0 aliphatic rings. The topological polar surface area (TPSA) is 29.4 Å². The van der Waals surface area contributed by atoms with Crippen LogP contribution in [0.1, 0.15) is 25.0 Å². The summed E-state index contributed by atoms with van der Waals surface area (Å²) in [6.45, 7) is 2.97. The Balaban J connectivity index is 3.39. The molecule has 0 N–H and O–H groups in total. The van der Waals surface area contributed by atoms with Crippen molar-refractivity contribution in [2.24, 2.45) is 4.99 Å². The van der Waals surface area contributed by atoms with Crippen LogP contribution >= 0.6 is 11.6 Å². The summed E-state index contributed by atoms with van der Waals surface area (Å²) in [5.74, 6) is 0. The highest BCUT2D eigenvalue weighted by molar-refractivity contribution is 6.31. The first-order valence-electron chi connectivity index (χ1n) is 4.65. The van der Waals surface area contributed by atoms with Crippen molar-refractivity contribution in [3.8, 4) is 0 Å². The molecule has 0 fully saturated rings. The molecule has 0 aromatic heterocycles. The smallest absolute Gasteiger partial charge is 0.211 e. The molecule has 1 aromatic carbocycles. The number of hydrogen-bond donors (Lipinski definition) is 0. The van der Waals surface area contributed by atoms with Gasteiger partial charge >= 0.3 is 6.18 Å². The monoisotopic (exact) mass is 263 g/mol. The lowest BCUT2D eigenvalue weighted by Crippen LogP contribution is -2.16. The van der Waals surface area contributed by atoms with E-state index in [9.17, 15) is 18.0 Å². The number of halogens is 4. The van der Waals surface area contributed by atoms with Crippen LogP contribution in [0.4, 0.5) is 13.2 Å². The first-order valence-corrected chi connectivity index (χ1v) is 5.02. The van der Waals surface area contributed by atoms with Gasteiger partial charge in [0.05, 0.1) is 11.1 Å². The predicted octanol–water partition coefficient (Wildman–Crippen LogP) is 3.93. The SMILES string of the molecule is CC(C)(N=C=O)c1cc(C(F)(F)F)ccc1Cl. The molecule has 0 saturated carbocycles. The van der Waals surface area contributed by atoms with Crippen LogP contribution in [0.3, 0.4) is 0 Å². The number of isocyanates is 1. The molecule has 0 aliphatic heterocycles. The second-order valence-electron chi connectivity index (χ2n) is 3.95. The van der Waals surface area contributed by atoms with Crippen LogP contribution in [-0.2, 0) is 16.5 Å². The van der Waals surface area contributed by atoms with Gasteiger partial charge in [-0.15, -0.1) is 0 Å². The summed E-state index contributed by atoms with van der Waals surface area (Å²) >= 11 is 5.81. The van der Waals surface area contributed by atoms with Gasteiger partial charge in [-0.05, 0) is 37.6 Å². The highest BCUT2D eigenvalue weighted by Crippen LogP contribution is 2.36. The lowest BCUT2D eigenvalue weighted by molar-refractivity contribution is -0.137. The minimum atomic E-state index is -4.46. The fourth-order valence-corrected chi connectivity index (χ4v) is 1.69. The zero-order valence-corrected chi connectivity index (χ0v) is 9.86. The van der Waals surface area contributed by atoms with Crippen molar-refractivity contribution in [3.63, 3.8) is 0 Å². The molecular formula is C11H9ClF3NO. The van der Waals surface area contributed by atoms with E-state index in [1.807, 2.05) is 0 Å². The quantitative estimate of drug-likeness (QED) is 0.587. The van der Waals surface area contributed by atoms with Crippen molar-refractivity contribution in [1.82, 2.24) is 0 Å². The van der Waals surface area contributed by atoms with Gasteiger partial charge in [0.25, 0.3) is 0 Å². The van der Waals surface area contributed by atoms with Crippen molar-refractivity contribution < 1.29 is 18.0 Å². The van der Waals surface area contributed by atoms with Gasteiger partial charge in [-0.25, -0.2) is 4.79 Å². The Morgan fingerprint density at radius 1 is 1.29 bits per heavy atom. The Morgan fingerprint density at radius 2 is 1.88 bits per heavy atom. The van der Waals surface area contributed by atoms with Crippen LogP contribution in [0.2, 0.25) is 5.02 Å². The van der Waals surface area contributed by atoms with E-state index >= 15 is 0 Å². The molecule has 0 heterocycles. The van der Waals surface area contributed by atoms with E-state index in [1.54, 1.807) is 0 Å². The van der Waals surface area contributed by atoms with Crippen molar-refractivity contribution in [2.45, 2.75) is 25.6 Å². The van der Waals surface area contributed by atoms with Gasteiger partial charge in [-0.3, -0.25) is 0 Å². The summed E-state index contributed by atoms with van der Waals surface area (Å²) in [4.78, 5) is 13.7. The fraction of sp³-hybridized carbons (Fsp3) is 0.364. The van der Waals surface area contributed by atoms with Gasteiger partial charge in [0.15, 0.2) is 0 Å². The van der Waals surface area contributed by atoms with E-state index in [1.165, 1.54) is 19.9 Å². The average Bonchev–Trinajstić information content (AvgIpc) is 2.15. The molecule has 0 amide bonds. The number of carbonyl (C=O) groups excluding carboxylic acids is 1. The van der Waals surface area contributed by atoms with Gasteiger partial charge in [-0.2, -0.15) is 18.2 Å². The highest BCUT2D eigenvalue weighted by Gasteiger charge is 2.33. The van der Waals surface area contributed by atoms with Gasteiger partial charge < -0.3 is 0 Å². The van der Waals surface area contributed by atoms with Crippen LogP contribution in [0.25, 0.3) is 0 Å². The number of rotatable bonds is 2. The second-order valence-corrected chi connectivity index (χ2v) is 4.36. The Labute approximate surface area is 101 Å². The number of alkyl halides is 3. The molecule has 0 saturated heterocycles. The Morgan fingerprint density at radius 3 is 2.35 bits per heavy atom. The second kappa shape index (κ2) is 4.51. The van der Waals surface area contributed by atoms with Crippen molar-refractivity contribution in [1.29, 1.82) is 0 Å². The average molecular weight is 264 g/mol. The molecule has 6 heteroatoms. The number of nitrogens with zero attached hydrogens (tertiary/aromatic N) is 1. The molecule has 2 nitrogen and oxygen atoms in total. The minimum Gasteiger partial charge on any atom is -0.211 e. The highest BCUT2D eigenvalue weighted by atomic mass is 35.5. The molecule has 0 radical (unpaired) electrons. The number of hydrogen-bond acceptors (Lipinski definition) is 2. The van der Waals surface area contributed by atoms with Crippen LogP contribution in [0.15, 0.2) is 23.2 Å². The molecule has 0 bridgehead atoms. The molecule has 0 atom stereocenters. The minimum absolute atomic E-state index is 0.127. The van der Waals surface area contributed by atoms with Crippen molar-refractivity contribution >= 4 is 17.7 Å². The molecule has 0 aliphatic carbocycles. The lowest BCUT2D eigenvalue weighted by atomic mass is 9.93. The van der Waals surface area contributed by atoms with Crippen LogP contribution < -0.4 is 0 Å². The van der Waals surface area contributed by atoms with Gasteiger partial charge in [0.1, 0.15) is 0 Å². The first kappa shape index (κ1) is 13.7. The molecule has 0 unspecified atom stereocenters. The third kappa shape index (κ3) is 3.08. The molecular weight excluding hydrogens is 255 g/mol. The third-order valence-corrected chi connectivity index (χ3v) is 2.61. The van der Waals surface area contributed by atoms with E-state index < -0.39 is 17.3 Å². The summed E-state index contributed by atoms with van der Waals surface area (Å²) in [6.07, 6.45) is -3.13. The maximum absolute atomic E-state index is 12.5. The maximum atomic E-state index is 12.5. The van der Waals surface area contributed by atoms with Crippen LogP contribution in [0, 0.1) is 0 Å². The zero-order valence-electron chi connectivity index (χ0n) is 9.10. The largest absolute Gasteiger partial charge is 0.416 e. The van der Waals surface area contributed by atoms with Crippen LogP contribution in [-0.4, -0.2) is 6.08 Å². The predicted molar refractivity (Wildman–Crippen MR) is 57.6 cm³/mol. The molecule has 0 spiro atoms. The molecule has 1 aromatic rings. The standard InChI is InChI=1S/C11H9ClF3NO/c1-10(2,16-6-17)8-5-7(11(13,14)15)3-4-9(8)12/h3-5H,1-2H3. The summed E-state index contributed by atoms with van der Waals surface area (Å²) in [7, 11) is 0. The van der Waals surface area contributed by atoms with E-state index in [4.69, 9.17) is 11.6 Å². The Kier molecular flexibility index (Phi) is 3.65. The number of aliphatic imine (C=N–C) groups is 1. The van der Waals surface area contributed by atoms with E-state index in [2.05, 4.69) is 4.99 Å². The van der Waals surface area contributed by atoms with Crippen molar-refractivity contribution in [2.75, 3.05) is 0 Å². The van der Waals surface area contributed by atoms with E-state index in [0.29, 0.717) is 0 Å². The number of benzene rings is 1. The van der Waals surface area contributed by atoms with Crippen molar-refractivity contribution in [3.05, 3.63) is 34.3 Å². The van der Waals surface area contributed by atoms with Crippen LogP contribution in [0.5, 0.6) is 0 Å². The summed E-state index contributed by atoms with van der Waals surface area (Å²) in [6, 6.07) is 2.91. The summed E-state index contributed by atoms with van der Waals surface area (Å²) in [5.41, 5.74) is -1.83. The van der Waals surface area contributed by atoms with Gasteiger partial charge in [-0.1, -0.05) is 11.6 Å². The fourth-order valence-electron chi connectivity index (χ4n) is 1.34. The summed E-state index contributed by atoms with van der Waals surface area (Å²) in [5, 5.41) is 0.127. The van der Waals surface area contributed by atoms with E-state index in [-0.39, 0.29) is 10.6 Å². The van der Waals surface area contributed by atoms with Gasteiger partial charge in [0, 0.05) is 5.02 Å². The Bertz CT molecular complexity index is 476. The zero-order chi connectivity index (χ0) is 13.3. The van der Waals surface area contributed by atoms with Gasteiger partial charge in [0.2, 0.25) is 6.08 Å². The van der Waals surface area contributed by atoms with E-state index in [0.717, 1.165) is 18.2 Å². The molecule has 1 rings (SSSR count). The maximum Gasteiger partial charge on any atom is 0.416 e.